The first-order valence-electron chi connectivity index (χ1n) is 15.0. The van der Waals surface area contributed by atoms with Gasteiger partial charge in [-0.25, -0.2) is 4.79 Å². The molecule has 264 valence electrons. The Morgan fingerprint density at radius 2 is 0.865 bits per heavy atom. The third-order valence-electron chi connectivity index (χ3n) is 7.77. The van der Waals surface area contributed by atoms with Crippen LogP contribution in [0.2, 0.25) is 0 Å². The fourth-order valence-corrected chi connectivity index (χ4v) is 6.80. The number of phenolic OH excluding ortho intramolecular Hbond substituents is 2. The van der Waals surface area contributed by atoms with Gasteiger partial charge in [-0.2, -0.15) is 16.8 Å². The number of rotatable bonds is 8. The van der Waals surface area contributed by atoms with Crippen molar-refractivity contribution < 1.29 is 50.5 Å². The van der Waals surface area contributed by atoms with Crippen LogP contribution in [-0.2, 0) is 20.2 Å². The topological polar surface area (TPSA) is 249 Å². The van der Waals surface area contributed by atoms with Crippen LogP contribution in [0.15, 0.2) is 119 Å². The minimum Gasteiger partial charge on any atom is -0.507 e. The van der Waals surface area contributed by atoms with E-state index in [0.717, 1.165) is 12.1 Å². The third kappa shape index (κ3) is 7.32. The van der Waals surface area contributed by atoms with Crippen LogP contribution in [0.5, 0.6) is 11.5 Å². The number of nitrogens with one attached hydrogen (secondary N) is 4. The van der Waals surface area contributed by atoms with Crippen molar-refractivity contribution >= 4 is 82.4 Å². The molecule has 0 aliphatic rings. The zero-order chi connectivity index (χ0) is 37.4. The van der Waals surface area contributed by atoms with Gasteiger partial charge in [-0.3, -0.25) is 18.7 Å². The zero-order valence-electron chi connectivity index (χ0n) is 26.4. The molecule has 17 heteroatoms. The van der Waals surface area contributed by atoms with Crippen LogP contribution < -0.4 is 21.3 Å². The van der Waals surface area contributed by atoms with E-state index in [4.69, 9.17) is 0 Å². The summed E-state index contributed by atoms with van der Waals surface area (Å²) in [6.07, 6.45) is 0. The molecule has 4 amide bonds. The predicted octanol–water partition coefficient (Wildman–Crippen LogP) is 6.05. The fraction of sp³-hybridized carbons (Fsp3) is 0. The van der Waals surface area contributed by atoms with E-state index >= 15 is 0 Å². The van der Waals surface area contributed by atoms with E-state index in [0.29, 0.717) is 10.8 Å². The Kier molecular flexibility index (Phi) is 9.26. The van der Waals surface area contributed by atoms with E-state index in [1.807, 2.05) is 0 Å². The van der Waals surface area contributed by atoms with Gasteiger partial charge in [0.25, 0.3) is 32.1 Å². The van der Waals surface area contributed by atoms with Crippen LogP contribution >= 0.6 is 0 Å². The Balaban J connectivity index is 1.19. The van der Waals surface area contributed by atoms with Crippen LogP contribution in [-0.4, -0.2) is 54.0 Å². The molecule has 0 saturated heterocycles. The quantitative estimate of drug-likeness (QED) is 0.0834. The van der Waals surface area contributed by atoms with Crippen molar-refractivity contribution in [3.05, 3.63) is 120 Å². The molecule has 6 aromatic rings. The molecule has 0 heterocycles. The Morgan fingerprint density at radius 3 is 1.25 bits per heavy atom. The second kappa shape index (κ2) is 13.6. The maximum atomic E-state index is 13.3. The number of fused-ring (bicyclic) bond motifs is 2. The normalized spacial score (nSPS) is 11.6. The second-order valence-corrected chi connectivity index (χ2v) is 14.0. The number of phenols is 2. The van der Waals surface area contributed by atoms with E-state index in [1.54, 1.807) is 12.1 Å². The highest BCUT2D eigenvalue weighted by Gasteiger charge is 2.24. The minimum absolute atomic E-state index is 0.0234. The lowest BCUT2D eigenvalue weighted by atomic mass is 10.1. The Morgan fingerprint density at radius 1 is 0.481 bits per heavy atom. The molecule has 0 bridgehead atoms. The second-order valence-electron chi connectivity index (χ2n) is 11.2. The number of aromatic hydroxyl groups is 2. The Hall–Kier alpha value is -6.53. The lowest BCUT2D eigenvalue weighted by Gasteiger charge is -2.15. The standard InChI is InChI=1S/C35H26N4O11S2/c40-25-11-3-5-19-13-15-27(51(45,46)47)31(29(19)25)38-33(42)21-7-1-9-23(17-21)36-35(44)37-24-10-2-8-22(18-24)34(43)39-32-28(52(48,49)50)16-14-20-6-4-12-26(41)30(20)32/h1-18,40-41H,(H,38,42)(H,39,43)(H2,36,37,44)(H,45,46,47)(H,48,49,50). The summed E-state index contributed by atoms with van der Waals surface area (Å²) < 4.78 is 68.0. The number of amides is 4. The van der Waals surface area contributed by atoms with Crippen molar-refractivity contribution in [2.24, 2.45) is 0 Å². The molecule has 0 aliphatic carbocycles. The zero-order valence-corrected chi connectivity index (χ0v) is 28.0. The molecule has 0 fully saturated rings. The number of hydrogen-bond donors (Lipinski definition) is 8. The van der Waals surface area contributed by atoms with E-state index in [1.165, 1.54) is 84.9 Å². The van der Waals surface area contributed by atoms with Crippen molar-refractivity contribution in [1.29, 1.82) is 0 Å². The van der Waals surface area contributed by atoms with Gasteiger partial charge >= 0.3 is 6.03 Å². The molecule has 52 heavy (non-hydrogen) atoms. The van der Waals surface area contributed by atoms with Gasteiger partial charge in [-0.15, -0.1) is 0 Å². The number of urea groups is 1. The van der Waals surface area contributed by atoms with E-state index in [-0.39, 0.29) is 56.1 Å². The molecule has 0 aliphatic heterocycles. The predicted molar refractivity (Wildman–Crippen MR) is 192 cm³/mol. The first-order chi connectivity index (χ1) is 24.6. The minimum atomic E-state index is -4.83. The molecular formula is C35H26N4O11S2. The molecule has 0 aromatic heterocycles. The molecule has 8 N–H and O–H groups in total. The summed E-state index contributed by atoms with van der Waals surface area (Å²) >= 11 is 0. The van der Waals surface area contributed by atoms with Gasteiger partial charge in [0.05, 0.1) is 11.4 Å². The van der Waals surface area contributed by atoms with Crippen molar-refractivity contribution in [3.63, 3.8) is 0 Å². The third-order valence-corrected chi connectivity index (χ3v) is 9.56. The average molecular weight is 743 g/mol. The van der Waals surface area contributed by atoms with Gasteiger partial charge in [-0.1, -0.05) is 48.5 Å². The molecule has 15 nitrogen and oxygen atoms in total. The number of benzene rings is 6. The number of carbonyl (C=O) groups is 3. The molecule has 6 rings (SSSR count). The summed E-state index contributed by atoms with van der Waals surface area (Å²) in [5, 5.41) is 31.5. The SMILES string of the molecule is O=C(Nc1cccc(C(=O)Nc2c(S(=O)(=O)O)ccc3cccc(O)c23)c1)Nc1cccc(C(=O)Nc2c(S(=O)(=O)O)ccc3cccc(O)c23)c1. The summed E-state index contributed by atoms with van der Waals surface area (Å²) in [5.74, 6) is -2.36. The molecule has 0 atom stereocenters. The van der Waals surface area contributed by atoms with Crippen LogP contribution in [0.4, 0.5) is 27.5 Å². The van der Waals surface area contributed by atoms with Crippen molar-refractivity contribution in [2.45, 2.75) is 9.79 Å². The smallest absolute Gasteiger partial charge is 0.323 e. The summed E-state index contributed by atoms with van der Waals surface area (Å²) in [6, 6.07) is 23.9. The molecule has 0 unspecified atom stereocenters. The number of anilines is 4. The summed E-state index contributed by atoms with van der Waals surface area (Å²) in [4.78, 5) is 38.2. The van der Waals surface area contributed by atoms with E-state index in [2.05, 4.69) is 21.3 Å². The lowest BCUT2D eigenvalue weighted by molar-refractivity contribution is 0.101. The van der Waals surface area contributed by atoms with Crippen LogP contribution in [0.25, 0.3) is 21.5 Å². The monoisotopic (exact) mass is 742 g/mol. The highest BCUT2D eigenvalue weighted by atomic mass is 32.2. The van der Waals surface area contributed by atoms with Gasteiger partial charge in [0.1, 0.15) is 21.3 Å². The van der Waals surface area contributed by atoms with Crippen molar-refractivity contribution in [3.8, 4) is 11.5 Å². The molecule has 6 aromatic carbocycles. The van der Waals surface area contributed by atoms with Gasteiger partial charge in [0, 0.05) is 33.3 Å². The van der Waals surface area contributed by atoms with Crippen molar-refractivity contribution in [1.82, 2.24) is 0 Å². The van der Waals surface area contributed by atoms with Crippen molar-refractivity contribution in [2.75, 3.05) is 21.3 Å². The largest absolute Gasteiger partial charge is 0.507 e. The van der Waals surface area contributed by atoms with Crippen LogP contribution in [0, 0.1) is 0 Å². The van der Waals surface area contributed by atoms with E-state index < -0.39 is 47.9 Å². The molecule has 0 spiro atoms. The van der Waals surface area contributed by atoms with E-state index in [9.17, 15) is 50.5 Å². The Bertz CT molecular complexity index is 2500. The van der Waals surface area contributed by atoms with Gasteiger partial charge in [0.15, 0.2) is 0 Å². The first-order valence-corrected chi connectivity index (χ1v) is 17.8. The summed E-state index contributed by atoms with van der Waals surface area (Å²) in [5.41, 5.74) is -0.515. The fourth-order valence-electron chi connectivity index (χ4n) is 5.50. The van der Waals surface area contributed by atoms with Crippen LogP contribution in [0.3, 0.4) is 0 Å². The molecule has 0 saturated carbocycles. The maximum Gasteiger partial charge on any atom is 0.323 e. The maximum absolute atomic E-state index is 13.3. The summed E-state index contributed by atoms with van der Waals surface area (Å²) in [7, 11) is -9.65. The lowest BCUT2D eigenvalue weighted by Crippen LogP contribution is -2.21. The highest BCUT2D eigenvalue weighted by molar-refractivity contribution is 7.86. The molecular weight excluding hydrogens is 717 g/mol. The summed E-state index contributed by atoms with van der Waals surface area (Å²) in [6.45, 7) is 0. The van der Waals surface area contributed by atoms with Crippen LogP contribution in [0.1, 0.15) is 20.7 Å². The highest BCUT2D eigenvalue weighted by Crippen LogP contribution is 2.38. The molecule has 0 radical (unpaired) electrons. The Labute approximate surface area is 295 Å². The first kappa shape index (κ1) is 35.3. The van der Waals surface area contributed by atoms with Gasteiger partial charge in [0.2, 0.25) is 0 Å². The average Bonchev–Trinajstić information content (AvgIpc) is 3.07. The number of carbonyl (C=O) groups excluding carboxylic acids is 3. The van der Waals surface area contributed by atoms with Gasteiger partial charge < -0.3 is 31.5 Å². The van der Waals surface area contributed by atoms with Gasteiger partial charge in [-0.05, 0) is 71.4 Å². The number of hydrogen-bond acceptors (Lipinski definition) is 9.